The first kappa shape index (κ1) is 27.1. The number of fused-ring (bicyclic) bond motifs is 2. The lowest BCUT2D eigenvalue weighted by Crippen LogP contribution is -2.59. The third-order valence-electron chi connectivity index (χ3n) is 9.13. The average molecular weight is 564 g/mol. The van der Waals surface area contributed by atoms with Crippen LogP contribution in [0, 0.1) is 11.3 Å². The van der Waals surface area contributed by atoms with Crippen LogP contribution < -0.4 is 10.1 Å². The van der Waals surface area contributed by atoms with Gasteiger partial charge in [0, 0.05) is 63.4 Å². The lowest BCUT2D eigenvalue weighted by molar-refractivity contribution is -0.132. The van der Waals surface area contributed by atoms with E-state index in [-0.39, 0.29) is 24.0 Å². The van der Waals surface area contributed by atoms with Crippen LogP contribution >= 0.6 is 11.3 Å². The van der Waals surface area contributed by atoms with E-state index in [0.29, 0.717) is 23.1 Å². The Hall–Kier alpha value is -2.11. The van der Waals surface area contributed by atoms with E-state index in [1.807, 2.05) is 17.9 Å². The number of alkyl halides is 2. The predicted octanol–water partition coefficient (Wildman–Crippen LogP) is 4.08. The number of rotatable bonds is 9. The Bertz CT molecular complexity index is 1200. The smallest absolute Gasteiger partial charge is 0.278 e. The number of halogens is 2. The highest BCUT2D eigenvalue weighted by Gasteiger charge is 2.55. The summed E-state index contributed by atoms with van der Waals surface area (Å²) in [6.45, 7) is 2.65. The van der Waals surface area contributed by atoms with Gasteiger partial charge in [0.2, 0.25) is 5.91 Å². The van der Waals surface area contributed by atoms with Gasteiger partial charge in [0.05, 0.1) is 23.4 Å². The number of ether oxygens (including phenoxy) is 2. The fraction of sp³-hybridized carbons (Fsp3) is 0.750. The summed E-state index contributed by atoms with van der Waals surface area (Å²) in [5, 5.41) is 8.21. The zero-order valence-corrected chi connectivity index (χ0v) is 23.9. The fourth-order valence-corrected chi connectivity index (χ4v) is 8.19. The molecule has 0 radical (unpaired) electrons. The molecule has 2 unspecified atom stereocenters. The topological polar surface area (TPSA) is 81.5 Å². The van der Waals surface area contributed by atoms with Crippen LogP contribution in [-0.4, -0.2) is 70.4 Å². The van der Waals surface area contributed by atoms with Crippen molar-refractivity contribution in [2.75, 3.05) is 26.8 Å². The van der Waals surface area contributed by atoms with Crippen molar-refractivity contribution in [2.24, 2.45) is 18.4 Å². The van der Waals surface area contributed by atoms with Gasteiger partial charge in [-0.05, 0) is 62.7 Å². The third kappa shape index (κ3) is 5.72. The Labute approximate surface area is 232 Å². The minimum atomic E-state index is -2.87. The molecule has 214 valence electrons. The van der Waals surface area contributed by atoms with E-state index in [1.165, 1.54) is 11.3 Å². The SMILES string of the molecule is COC(CN1CCc2sc(OCC(C)(F)F)nc2C1)C1CC2(CC(NC(=O)C3CCCc4nn(C)cc43)C2)C1. The summed E-state index contributed by atoms with van der Waals surface area (Å²) < 4.78 is 39.3. The molecule has 39 heavy (non-hydrogen) atoms. The van der Waals surface area contributed by atoms with Crippen molar-refractivity contribution in [2.45, 2.75) is 88.8 Å². The molecule has 2 atom stereocenters. The first-order chi connectivity index (χ1) is 18.6. The Balaban J connectivity index is 0.956. The van der Waals surface area contributed by atoms with E-state index in [0.717, 1.165) is 93.2 Å². The minimum Gasteiger partial charge on any atom is -0.464 e. The molecule has 1 amide bonds. The second-order valence-corrected chi connectivity index (χ2v) is 13.4. The second kappa shape index (κ2) is 10.4. The number of thiazole rings is 1. The predicted molar refractivity (Wildman–Crippen MR) is 143 cm³/mol. The molecular formula is C28H39F2N5O3S. The Morgan fingerprint density at radius 1 is 1.28 bits per heavy atom. The van der Waals surface area contributed by atoms with Crippen molar-refractivity contribution in [1.29, 1.82) is 0 Å². The number of carbonyl (C=O) groups is 1. The van der Waals surface area contributed by atoms with Crippen LogP contribution in [0.15, 0.2) is 6.20 Å². The monoisotopic (exact) mass is 563 g/mol. The normalized spacial score (nSPS) is 29.2. The number of carbonyl (C=O) groups excluding carboxylic acids is 1. The van der Waals surface area contributed by atoms with Gasteiger partial charge in [-0.2, -0.15) is 5.10 Å². The van der Waals surface area contributed by atoms with Crippen LogP contribution in [-0.2, 0) is 36.0 Å². The van der Waals surface area contributed by atoms with Gasteiger partial charge in [-0.1, -0.05) is 11.3 Å². The first-order valence-electron chi connectivity index (χ1n) is 14.2. The molecule has 1 spiro atoms. The van der Waals surface area contributed by atoms with Crippen LogP contribution in [0.25, 0.3) is 0 Å². The Morgan fingerprint density at radius 2 is 2.08 bits per heavy atom. The third-order valence-corrected chi connectivity index (χ3v) is 10.2. The highest BCUT2D eigenvalue weighted by atomic mass is 32.1. The van der Waals surface area contributed by atoms with Crippen molar-refractivity contribution >= 4 is 17.2 Å². The van der Waals surface area contributed by atoms with Gasteiger partial charge in [0.25, 0.3) is 11.1 Å². The molecule has 11 heteroatoms. The Kier molecular flexibility index (Phi) is 7.20. The molecule has 0 bridgehead atoms. The van der Waals surface area contributed by atoms with Crippen LogP contribution in [0.3, 0.4) is 0 Å². The largest absolute Gasteiger partial charge is 0.464 e. The van der Waals surface area contributed by atoms with Crippen molar-refractivity contribution in [3.8, 4) is 5.19 Å². The lowest BCUT2D eigenvalue weighted by atomic mass is 9.49. The number of aryl methyl sites for hydroxylation is 2. The minimum absolute atomic E-state index is 0.0657. The molecule has 3 aliphatic carbocycles. The summed E-state index contributed by atoms with van der Waals surface area (Å²) in [5.41, 5.74) is 3.48. The molecule has 8 nitrogen and oxygen atoms in total. The fourth-order valence-electron chi connectivity index (χ4n) is 7.28. The van der Waals surface area contributed by atoms with E-state index in [2.05, 4.69) is 20.3 Å². The van der Waals surface area contributed by atoms with Crippen LogP contribution in [0.5, 0.6) is 5.19 Å². The lowest BCUT2D eigenvalue weighted by Gasteiger charge is -2.59. The van der Waals surface area contributed by atoms with Crippen molar-refractivity contribution in [3.63, 3.8) is 0 Å². The zero-order valence-electron chi connectivity index (χ0n) is 23.0. The van der Waals surface area contributed by atoms with Gasteiger partial charge < -0.3 is 14.8 Å². The average Bonchev–Trinajstić information content (AvgIpc) is 3.43. The molecule has 0 saturated heterocycles. The second-order valence-electron chi connectivity index (χ2n) is 12.4. The van der Waals surface area contributed by atoms with Crippen molar-refractivity contribution < 1.29 is 23.0 Å². The molecule has 2 aromatic rings. The Morgan fingerprint density at radius 3 is 2.82 bits per heavy atom. The molecular weight excluding hydrogens is 524 g/mol. The molecule has 2 aromatic heterocycles. The first-order valence-corrected chi connectivity index (χ1v) is 15.0. The number of hydrogen-bond acceptors (Lipinski definition) is 7. The van der Waals surface area contributed by atoms with E-state index in [4.69, 9.17) is 9.47 Å². The van der Waals surface area contributed by atoms with Crippen LogP contribution in [0.1, 0.15) is 73.2 Å². The van der Waals surface area contributed by atoms with E-state index in [9.17, 15) is 13.6 Å². The van der Waals surface area contributed by atoms with Crippen LogP contribution in [0.2, 0.25) is 0 Å². The van der Waals surface area contributed by atoms with E-state index >= 15 is 0 Å². The van der Waals surface area contributed by atoms with Gasteiger partial charge in [0.15, 0.2) is 6.61 Å². The molecule has 4 aliphatic rings. The summed E-state index contributed by atoms with van der Waals surface area (Å²) in [5.74, 6) is -2.25. The zero-order chi connectivity index (χ0) is 27.4. The molecule has 0 aromatic carbocycles. The van der Waals surface area contributed by atoms with Gasteiger partial charge >= 0.3 is 0 Å². The number of amides is 1. The summed E-state index contributed by atoms with van der Waals surface area (Å²) in [6, 6.07) is 0.274. The summed E-state index contributed by atoms with van der Waals surface area (Å²) in [7, 11) is 3.72. The number of methoxy groups -OCH3 is 1. The number of nitrogens with zero attached hydrogens (tertiary/aromatic N) is 4. The van der Waals surface area contributed by atoms with Gasteiger partial charge in [0.1, 0.15) is 0 Å². The molecule has 1 aliphatic heterocycles. The summed E-state index contributed by atoms with van der Waals surface area (Å²) >= 11 is 1.39. The highest BCUT2D eigenvalue weighted by molar-refractivity contribution is 7.13. The number of aromatic nitrogens is 3. The van der Waals surface area contributed by atoms with E-state index < -0.39 is 12.5 Å². The van der Waals surface area contributed by atoms with Gasteiger partial charge in [-0.25, -0.2) is 13.8 Å². The molecule has 2 fully saturated rings. The molecule has 1 N–H and O–H groups in total. The van der Waals surface area contributed by atoms with E-state index in [1.54, 1.807) is 7.11 Å². The van der Waals surface area contributed by atoms with Crippen LogP contribution in [0.4, 0.5) is 8.78 Å². The standard InChI is InChI=1S/C28H39F2N5O3S/c1-27(29,30)16-38-26-32-22-14-35(8-7-24(22)39-26)15-23(37-3)17-9-28(10-17)11-18(12-28)31-25(36)19-5-4-6-21-20(19)13-34(2)33-21/h13,17-19,23H,4-12,14-16H2,1-3H3,(H,31,36). The van der Waals surface area contributed by atoms with Crippen molar-refractivity contribution in [1.82, 2.24) is 25.0 Å². The molecule has 2 saturated carbocycles. The maximum Gasteiger partial charge on any atom is 0.278 e. The number of nitrogens with one attached hydrogen (secondary N) is 1. The van der Waals surface area contributed by atoms with Gasteiger partial charge in [-0.15, -0.1) is 0 Å². The highest BCUT2D eigenvalue weighted by Crippen LogP contribution is 2.60. The number of hydrogen-bond donors (Lipinski definition) is 1. The maximum atomic E-state index is 13.1. The maximum absolute atomic E-state index is 13.1. The quantitative estimate of drug-likeness (QED) is 0.495. The molecule has 3 heterocycles. The van der Waals surface area contributed by atoms with Crippen molar-refractivity contribution in [3.05, 3.63) is 28.0 Å². The van der Waals surface area contributed by atoms with Gasteiger partial charge in [-0.3, -0.25) is 14.4 Å². The summed E-state index contributed by atoms with van der Waals surface area (Å²) in [6.07, 6.45) is 10.3. The summed E-state index contributed by atoms with van der Waals surface area (Å²) in [4.78, 5) is 21.1. The molecule has 6 rings (SSSR count).